The number of para-hydroxylation sites is 1. The van der Waals surface area contributed by atoms with E-state index >= 15 is 0 Å². The average Bonchev–Trinajstić information content (AvgIpc) is 3.04. The Balaban J connectivity index is 1.32. The van der Waals surface area contributed by atoms with E-state index in [4.69, 9.17) is 9.47 Å². The largest absolute Gasteiger partial charge is 0.508 e. The zero-order valence-electron chi connectivity index (χ0n) is 22.7. The predicted molar refractivity (Wildman–Crippen MR) is 169 cm³/mol. The van der Waals surface area contributed by atoms with Gasteiger partial charge in [-0.05, 0) is 86.8 Å². The summed E-state index contributed by atoms with van der Waals surface area (Å²) in [5.74, 6) is 3.45. The summed E-state index contributed by atoms with van der Waals surface area (Å²) in [6.07, 6.45) is 0. The molecule has 1 N–H and O–H groups in total. The molecule has 0 amide bonds. The van der Waals surface area contributed by atoms with E-state index in [1.54, 1.807) is 6.07 Å². The van der Waals surface area contributed by atoms with Crippen molar-refractivity contribution in [3.63, 3.8) is 0 Å². The second-order valence-electron chi connectivity index (χ2n) is 10.7. The minimum Gasteiger partial charge on any atom is -0.508 e. The second-order valence-corrected chi connectivity index (χ2v) is 10.7. The third-order valence-electron chi connectivity index (χ3n) is 8.13. The predicted octanol–water partition coefficient (Wildman–Crippen LogP) is 10.4. The monoisotopic (exact) mass is 542 g/mol. The molecule has 3 heteroatoms. The number of rotatable bonds is 4. The summed E-state index contributed by atoms with van der Waals surface area (Å²) in [6, 6.07) is 49.2. The molecule has 1 atom stereocenters. The van der Waals surface area contributed by atoms with Gasteiger partial charge in [-0.15, -0.1) is 0 Å². The van der Waals surface area contributed by atoms with E-state index in [0.29, 0.717) is 0 Å². The molecule has 0 fully saturated rings. The first-order valence-corrected chi connectivity index (χ1v) is 14.1. The van der Waals surface area contributed by atoms with Gasteiger partial charge in [0.05, 0.1) is 0 Å². The van der Waals surface area contributed by atoms with E-state index in [-0.39, 0.29) is 11.7 Å². The SMILES string of the molecule is Oc1ccc2c3c(ccc2c1)Oc1ccc2cc(Oc4ccccc4)ccc2c1C3c1ccc(-c2ccccc2)cc1. The van der Waals surface area contributed by atoms with Crippen LogP contribution < -0.4 is 9.47 Å². The zero-order valence-corrected chi connectivity index (χ0v) is 22.7. The lowest BCUT2D eigenvalue weighted by atomic mass is 9.78. The summed E-state index contributed by atoms with van der Waals surface area (Å²) in [4.78, 5) is 0. The van der Waals surface area contributed by atoms with E-state index in [1.165, 1.54) is 16.7 Å². The van der Waals surface area contributed by atoms with E-state index in [9.17, 15) is 5.11 Å². The highest BCUT2D eigenvalue weighted by Crippen LogP contribution is 2.52. The van der Waals surface area contributed by atoms with Crippen molar-refractivity contribution >= 4 is 21.5 Å². The Morgan fingerprint density at radius 1 is 0.500 bits per heavy atom. The normalized spacial score (nSPS) is 13.8. The van der Waals surface area contributed by atoms with Crippen LogP contribution >= 0.6 is 0 Å². The first-order chi connectivity index (χ1) is 20.7. The lowest BCUT2D eigenvalue weighted by Crippen LogP contribution is -2.13. The second kappa shape index (κ2) is 9.83. The smallest absolute Gasteiger partial charge is 0.132 e. The van der Waals surface area contributed by atoms with Gasteiger partial charge in [0.1, 0.15) is 28.7 Å². The van der Waals surface area contributed by atoms with Crippen LogP contribution in [0.3, 0.4) is 0 Å². The molecule has 1 aliphatic rings. The molecule has 8 rings (SSSR count). The number of hydrogen-bond donors (Lipinski definition) is 1. The van der Waals surface area contributed by atoms with Gasteiger partial charge in [-0.25, -0.2) is 0 Å². The van der Waals surface area contributed by atoms with E-state index < -0.39 is 0 Å². The quantitative estimate of drug-likeness (QED) is 0.240. The maximum atomic E-state index is 10.2. The Morgan fingerprint density at radius 3 is 1.79 bits per heavy atom. The fraction of sp³-hybridized carbons (Fsp3) is 0.0256. The molecular formula is C39H26O3. The van der Waals surface area contributed by atoms with Gasteiger partial charge in [0.25, 0.3) is 0 Å². The molecule has 0 aromatic heterocycles. The number of fused-ring (bicyclic) bond motifs is 6. The molecular weight excluding hydrogens is 516 g/mol. The minimum atomic E-state index is -0.0774. The Bertz CT molecular complexity index is 2080. The van der Waals surface area contributed by atoms with Gasteiger partial charge in [0, 0.05) is 17.0 Å². The number of benzene rings is 7. The fourth-order valence-electron chi connectivity index (χ4n) is 6.19. The van der Waals surface area contributed by atoms with Crippen LogP contribution in [0, 0.1) is 0 Å². The van der Waals surface area contributed by atoms with Gasteiger partial charge < -0.3 is 14.6 Å². The summed E-state index contributed by atoms with van der Waals surface area (Å²) < 4.78 is 12.8. The molecule has 0 saturated carbocycles. The molecule has 200 valence electrons. The van der Waals surface area contributed by atoms with Crippen molar-refractivity contribution in [3.8, 4) is 39.9 Å². The first-order valence-electron chi connectivity index (χ1n) is 14.1. The summed E-state index contributed by atoms with van der Waals surface area (Å²) >= 11 is 0. The number of phenols is 1. The molecule has 3 nitrogen and oxygen atoms in total. The van der Waals surface area contributed by atoms with Crippen LogP contribution in [0.2, 0.25) is 0 Å². The van der Waals surface area contributed by atoms with Crippen molar-refractivity contribution in [1.82, 2.24) is 0 Å². The van der Waals surface area contributed by atoms with Crippen molar-refractivity contribution in [1.29, 1.82) is 0 Å². The van der Waals surface area contributed by atoms with Crippen molar-refractivity contribution in [2.45, 2.75) is 5.92 Å². The van der Waals surface area contributed by atoms with Crippen LogP contribution in [0.1, 0.15) is 22.6 Å². The Kier molecular flexibility index (Phi) is 5.68. The molecule has 0 saturated heterocycles. The van der Waals surface area contributed by atoms with E-state index in [0.717, 1.165) is 55.7 Å². The molecule has 7 aromatic rings. The van der Waals surface area contributed by atoms with Crippen molar-refractivity contribution < 1.29 is 14.6 Å². The third-order valence-corrected chi connectivity index (χ3v) is 8.13. The number of aromatic hydroxyl groups is 1. The zero-order chi connectivity index (χ0) is 28.0. The maximum Gasteiger partial charge on any atom is 0.132 e. The summed E-state index contributed by atoms with van der Waals surface area (Å²) in [6.45, 7) is 0. The first kappa shape index (κ1) is 24.3. The van der Waals surface area contributed by atoms with Gasteiger partial charge in [-0.3, -0.25) is 0 Å². The Hall–Kier alpha value is -5.54. The topological polar surface area (TPSA) is 38.7 Å². The highest BCUT2D eigenvalue weighted by molar-refractivity contribution is 5.96. The molecule has 1 aliphatic heterocycles. The molecule has 0 radical (unpaired) electrons. The van der Waals surface area contributed by atoms with E-state index in [1.807, 2.05) is 66.7 Å². The highest BCUT2D eigenvalue weighted by atomic mass is 16.5. The molecule has 0 aliphatic carbocycles. The summed E-state index contributed by atoms with van der Waals surface area (Å²) in [5.41, 5.74) is 5.77. The van der Waals surface area contributed by atoms with Crippen molar-refractivity contribution in [3.05, 3.63) is 162 Å². The average molecular weight is 543 g/mol. The Morgan fingerprint density at radius 2 is 1.10 bits per heavy atom. The van der Waals surface area contributed by atoms with Crippen LogP contribution in [0.5, 0.6) is 28.7 Å². The van der Waals surface area contributed by atoms with E-state index in [2.05, 4.69) is 72.8 Å². The van der Waals surface area contributed by atoms with Gasteiger partial charge in [0.2, 0.25) is 0 Å². The highest BCUT2D eigenvalue weighted by Gasteiger charge is 2.32. The van der Waals surface area contributed by atoms with Gasteiger partial charge in [-0.2, -0.15) is 0 Å². The van der Waals surface area contributed by atoms with Crippen LogP contribution in [-0.4, -0.2) is 5.11 Å². The number of ether oxygens (including phenoxy) is 2. The number of phenolic OH excluding ortho intramolecular Hbond substituents is 1. The molecule has 42 heavy (non-hydrogen) atoms. The molecule has 1 heterocycles. The van der Waals surface area contributed by atoms with Gasteiger partial charge in [-0.1, -0.05) is 97.1 Å². The maximum absolute atomic E-state index is 10.2. The molecule has 0 bridgehead atoms. The van der Waals surface area contributed by atoms with Crippen LogP contribution in [0.15, 0.2) is 146 Å². The van der Waals surface area contributed by atoms with Crippen LogP contribution in [-0.2, 0) is 0 Å². The lowest BCUT2D eigenvalue weighted by Gasteiger charge is -2.31. The molecule has 7 aromatic carbocycles. The van der Waals surface area contributed by atoms with Crippen molar-refractivity contribution in [2.24, 2.45) is 0 Å². The standard InChI is InChI=1S/C39H26O3/c40-30-17-19-33-28(23-30)15-21-35-38(33)37(27-13-11-26(12-14-27)25-7-3-1-4-8-25)39-34-20-18-32(41-31-9-5-2-6-10-31)24-29(34)16-22-36(39)42-35/h1-24,37,40H. The van der Waals surface area contributed by atoms with Crippen LogP contribution in [0.4, 0.5) is 0 Å². The van der Waals surface area contributed by atoms with Gasteiger partial charge >= 0.3 is 0 Å². The fourth-order valence-corrected chi connectivity index (χ4v) is 6.19. The summed E-state index contributed by atoms with van der Waals surface area (Å²) in [7, 11) is 0. The molecule has 0 spiro atoms. The third kappa shape index (κ3) is 4.15. The Labute approximate surface area is 243 Å². The lowest BCUT2D eigenvalue weighted by molar-refractivity contribution is 0.455. The van der Waals surface area contributed by atoms with Gasteiger partial charge in [0.15, 0.2) is 0 Å². The number of hydrogen-bond acceptors (Lipinski definition) is 3. The minimum absolute atomic E-state index is 0.0774. The summed E-state index contributed by atoms with van der Waals surface area (Å²) in [5, 5.41) is 14.5. The van der Waals surface area contributed by atoms with Crippen LogP contribution in [0.25, 0.3) is 32.7 Å². The van der Waals surface area contributed by atoms with Crippen molar-refractivity contribution in [2.75, 3.05) is 0 Å². The molecule has 1 unspecified atom stereocenters.